The number of carbonyl (C=O) groups is 1. The average Bonchev–Trinajstić information content (AvgIpc) is 2.80. The molecular weight excluding hydrogens is 280 g/mol. The molecule has 0 unspecified atom stereocenters. The Morgan fingerprint density at radius 1 is 1.65 bits per heavy atom. The minimum atomic E-state index is -0.558. The van der Waals surface area contributed by atoms with Gasteiger partial charge >= 0.3 is 5.97 Å². The Balaban J connectivity index is 2.20. The van der Waals surface area contributed by atoms with E-state index in [9.17, 15) is 9.90 Å². The first-order chi connectivity index (χ1) is 9.55. The topological polar surface area (TPSA) is 73.6 Å². The highest BCUT2D eigenvalue weighted by atomic mass is 35.5. The van der Waals surface area contributed by atoms with E-state index in [0.717, 1.165) is 5.56 Å². The van der Waals surface area contributed by atoms with Gasteiger partial charge in [0.15, 0.2) is 0 Å². The second kappa shape index (κ2) is 6.23. The molecule has 2 atom stereocenters. The van der Waals surface area contributed by atoms with Crippen LogP contribution in [0.1, 0.15) is 17.5 Å². The van der Waals surface area contributed by atoms with Crippen LogP contribution in [0.3, 0.4) is 0 Å². The van der Waals surface area contributed by atoms with E-state index in [-0.39, 0.29) is 5.97 Å². The highest BCUT2D eigenvalue weighted by Gasteiger charge is 2.36. The summed E-state index contributed by atoms with van der Waals surface area (Å²) < 4.78 is 4.75. The molecule has 1 aromatic rings. The molecule has 6 heteroatoms. The number of halogens is 1. The lowest BCUT2D eigenvalue weighted by Gasteiger charge is -2.22. The van der Waals surface area contributed by atoms with Crippen molar-refractivity contribution >= 4 is 17.6 Å². The summed E-state index contributed by atoms with van der Waals surface area (Å²) in [6, 6.07) is 6.68. The molecule has 106 valence electrons. The summed E-state index contributed by atoms with van der Waals surface area (Å²) in [6.45, 7) is 0.782. The van der Waals surface area contributed by atoms with Gasteiger partial charge in [-0.2, -0.15) is 5.26 Å². The van der Waals surface area contributed by atoms with Gasteiger partial charge in [0.2, 0.25) is 0 Å². The number of rotatable bonds is 3. The summed E-state index contributed by atoms with van der Waals surface area (Å²) in [6.07, 6.45) is -0.209. The molecule has 0 aromatic heterocycles. The molecular formula is C14H15ClN2O3. The molecule has 0 spiro atoms. The molecule has 0 amide bonds. The predicted molar refractivity (Wildman–Crippen MR) is 73.0 cm³/mol. The molecule has 1 fully saturated rings. The van der Waals surface area contributed by atoms with E-state index in [1.807, 2.05) is 4.90 Å². The molecule has 0 aliphatic carbocycles. The monoisotopic (exact) mass is 294 g/mol. The number of esters is 1. The Hall–Kier alpha value is -1.61. The van der Waals surface area contributed by atoms with Gasteiger partial charge in [-0.25, -0.2) is 0 Å². The fraction of sp³-hybridized carbons (Fsp3) is 0.429. The quantitative estimate of drug-likeness (QED) is 0.851. The summed E-state index contributed by atoms with van der Waals surface area (Å²) >= 11 is 5.86. The molecule has 1 saturated heterocycles. The second-order valence-corrected chi connectivity index (χ2v) is 5.21. The van der Waals surface area contributed by atoms with E-state index >= 15 is 0 Å². The van der Waals surface area contributed by atoms with E-state index in [1.54, 1.807) is 18.2 Å². The SMILES string of the molecule is COC(=O)[C@@H]1C[C@H](O)CN1Cc1ccc(Cl)cc1C#N. The lowest BCUT2D eigenvalue weighted by Crippen LogP contribution is -2.36. The second-order valence-electron chi connectivity index (χ2n) is 4.77. The van der Waals surface area contributed by atoms with Crippen LogP contribution in [0.15, 0.2) is 18.2 Å². The van der Waals surface area contributed by atoms with E-state index in [2.05, 4.69) is 6.07 Å². The predicted octanol–water partition coefficient (Wildman–Crippen LogP) is 1.32. The molecule has 2 rings (SSSR count). The lowest BCUT2D eigenvalue weighted by molar-refractivity contribution is -0.146. The van der Waals surface area contributed by atoms with Crippen molar-refractivity contribution in [2.75, 3.05) is 13.7 Å². The van der Waals surface area contributed by atoms with Crippen LogP contribution in [-0.4, -0.2) is 41.8 Å². The molecule has 5 nitrogen and oxygen atoms in total. The van der Waals surface area contributed by atoms with Crippen LogP contribution in [0.2, 0.25) is 5.02 Å². The van der Waals surface area contributed by atoms with Crippen LogP contribution in [0.4, 0.5) is 0 Å². The Morgan fingerprint density at radius 2 is 2.40 bits per heavy atom. The Labute approximate surface area is 122 Å². The van der Waals surface area contributed by atoms with Crippen molar-refractivity contribution in [1.29, 1.82) is 5.26 Å². The van der Waals surface area contributed by atoms with Gasteiger partial charge in [-0.1, -0.05) is 17.7 Å². The van der Waals surface area contributed by atoms with E-state index in [1.165, 1.54) is 7.11 Å². The number of carbonyl (C=O) groups excluding carboxylic acids is 1. The van der Waals surface area contributed by atoms with Crippen LogP contribution in [-0.2, 0) is 16.1 Å². The molecule has 1 aromatic carbocycles. The van der Waals surface area contributed by atoms with Crippen molar-refractivity contribution in [1.82, 2.24) is 4.90 Å². The molecule has 1 heterocycles. The largest absolute Gasteiger partial charge is 0.468 e. The van der Waals surface area contributed by atoms with Crippen LogP contribution in [0.25, 0.3) is 0 Å². The fourth-order valence-corrected chi connectivity index (χ4v) is 2.62. The molecule has 1 aliphatic heterocycles. The third-order valence-corrected chi connectivity index (χ3v) is 3.66. The maximum absolute atomic E-state index is 11.7. The first-order valence-corrected chi connectivity index (χ1v) is 6.61. The van der Waals surface area contributed by atoms with E-state index in [0.29, 0.717) is 30.1 Å². The summed E-state index contributed by atoms with van der Waals surface area (Å²) in [7, 11) is 1.33. The number of β-amino-alcohol motifs (C(OH)–C–C–N with tert-alkyl or cyclic N) is 1. The van der Waals surface area contributed by atoms with Crippen molar-refractivity contribution in [3.05, 3.63) is 34.3 Å². The van der Waals surface area contributed by atoms with Gasteiger partial charge in [-0.3, -0.25) is 9.69 Å². The van der Waals surface area contributed by atoms with Gasteiger partial charge in [0.05, 0.1) is 24.8 Å². The standard InChI is InChI=1S/C14H15ClN2O3/c1-20-14(19)13-5-12(18)8-17(13)7-9-2-3-11(15)4-10(9)6-16/h2-4,12-13,18H,5,7-8H2,1H3/t12-,13-/m0/s1. The first kappa shape index (κ1) is 14.8. The van der Waals surface area contributed by atoms with Crippen LogP contribution in [0.5, 0.6) is 0 Å². The van der Waals surface area contributed by atoms with Crippen molar-refractivity contribution in [2.45, 2.75) is 25.1 Å². The van der Waals surface area contributed by atoms with Crippen molar-refractivity contribution in [3.8, 4) is 6.07 Å². The van der Waals surface area contributed by atoms with E-state index in [4.69, 9.17) is 21.6 Å². The summed E-state index contributed by atoms with van der Waals surface area (Å²) in [4.78, 5) is 13.5. The maximum Gasteiger partial charge on any atom is 0.323 e. The van der Waals surface area contributed by atoms with Gasteiger partial charge < -0.3 is 9.84 Å². The lowest BCUT2D eigenvalue weighted by atomic mass is 10.1. The Kier molecular flexibility index (Phi) is 4.61. The normalized spacial score (nSPS) is 22.5. The number of methoxy groups -OCH3 is 1. The van der Waals surface area contributed by atoms with Crippen molar-refractivity contribution < 1.29 is 14.6 Å². The minimum absolute atomic E-state index is 0.349. The molecule has 1 N–H and O–H groups in total. The van der Waals surface area contributed by atoms with Crippen molar-refractivity contribution in [2.24, 2.45) is 0 Å². The van der Waals surface area contributed by atoms with Gasteiger partial charge in [-0.15, -0.1) is 0 Å². The maximum atomic E-state index is 11.7. The third-order valence-electron chi connectivity index (χ3n) is 3.42. The van der Waals surface area contributed by atoms with Gasteiger partial charge in [-0.05, 0) is 17.7 Å². The number of ether oxygens (including phenoxy) is 1. The zero-order valence-corrected chi connectivity index (χ0v) is 11.8. The highest BCUT2D eigenvalue weighted by molar-refractivity contribution is 6.30. The molecule has 0 radical (unpaired) electrons. The zero-order valence-electron chi connectivity index (χ0n) is 11.0. The number of hydrogen-bond acceptors (Lipinski definition) is 5. The van der Waals surface area contributed by atoms with Crippen molar-refractivity contribution in [3.63, 3.8) is 0 Å². The highest BCUT2D eigenvalue weighted by Crippen LogP contribution is 2.24. The van der Waals surface area contributed by atoms with Gasteiger partial charge in [0.1, 0.15) is 6.04 Å². The van der Waals surface area contributed by atoms with Gasteiger partial charge in [0, 0.05) is 24.5 Å². The third kappa shape index (κ3) is 3.10. The number of aliphatic hydroxyl groups excluding tert-OH is 1. The van der Waals surface area contributed by atoms with Crippen LogP contribution in [0, 0.1) is 11.3 Å². The smallest absolute Gasteiger partial charge is 0.323 e. The fourth-order valence-electron chi connectivity index (χ4n) is 2.44. The number of hydrogen-bond donors (Lipinski definition) is 1. The molecule has 1 aliphatic rings. The molecule has 20 heavy (non-hydrogen) atoms. The Bertz CT molecular complexity index is 556. The number of aliphatic hydroxyl groups is 1. The molecule has 0 bridgehead atoms. The average molecular weight is 295 g/mol. The number of nitriles is 1. The summed E-state index contributed by atoms with van der Waals surface area (Å²) in [5.41, 5.74) is 1.25. The Morgan fingerprint density at radius 3 is 3.05 bits per heavy atom. The molecule has 0 saturated carbocycles. The summed E-state index contributed by atoms with van der Waals surface area (Å²) in [5, 5.41) is 19.3. The summed E-state index contributed by atoms with van der Waals surface area (Å²) in [5.74, 6) is -0.367. The number of likely N-dealkylation sites (tertiary alicyclic amines) is 1. The first-order valence-electron chi connectivity index (χ1n) is 6.23. The number of nitrogens with zero attached hydrogens (tertiary/aromatic N) is 2. The van der Waals surface area contributed by atoms with Gasteiger partial charge in [0.25, 0.3) is 0 Å². The van der Waals surface area contributed by atoms with Crippen LogP contribution >= 0.6 is 11.6 Å². The van der Waals surface area contributed by atoms with Crippen LogP contribution < -0.4 is 0 Å². The minimum Gasteiger partial charge on any atom is -0.468 e. The van der Waals surface area contributed by atoms with E-state index < -0.39 is 12.1 Å². The zero-order chi connectivity index (χ0) is 14.7. The number of benzene rings is 1.